The first-order valence-electron chi connectivity index (χ1n) is 11.0. The summed E-state index contributed by atoms with van der Waals surface area (Å²) < 4.78 is 5.21. The summed E-state index contributed by atoms with van der Waals surface area (Å²) in [4.78, 5) is 41.2. The number of nitrogens with one attached hydrogen (secondary N) is 2. The lowest BCUT2D eigenvalue weighted by Crippen LogP contribution is -2.55. The van der Waals surface area contributed by atoms with Gasteiger partial charge in [-0.2, -0.15) is 0 Å². The first kappa shape index (κ1) is 23.8. The van der Waals surface area contributed by atoms with Crippen molar-refractivity contribution in [3.8, 4) is 5.75 Å². The number of carbonyl (C=O) groups excluding carboxylic acids is 3. The molecule has 0 bridgehead atoms. The Hall–Kier alpha value is -2.87. The molecule has 0 saturated carbocycles. The third kappa shape index (κ3) is 5.88. The minimum Gasteiger partial charge on any atom is -0.497 e. The molecule has 1 aliphatic rings. The molecule has 8 heteroatoms. The molecule has 0 spiro atoms. The molecule has 1 fully saturated rings. The average molecular weight is 458 g/mol. The second-order valence-electron chi connectivity index (χ2n) is 8.11. The highest BCUT2D eigenvalue weighted by molar-refractivity contribution is 7.12. The lowest BCUT2D eigenvalue weighted by molar-refractivity contribution is -0.125. The van der Waals surface area contributed by atoms with Crippen molar-refractivity contribution >= 4 is 29.1 Å². The van der Waals surface area contributed by atoms with Crippen molar-refractivity contribution in [1.82, 2.24) is 15.5 Å². The van der Waals surface area contributed by atoms with Crippen LogP contribution in [-0.4, -0.2) is 54.9 Å². The molecule has 2 N–H and O–H groups in total. The molecule has 32 heavy (non-hydrogen) atoms. The maximum Gasteiger partial charge on any atom is 0.263 e. The van der Waals surface area contributed by atoms with Crippen molar-refractivity contribution in [3.63, 3.8) is 0 Å². The minimum atomic E-state index is -0.665. The van der Waals surface area contributed by atoms with Gasteiger partial charge in [0.2, 0.25) is 5.91 Å². The third-order valence-electron chi connectivity index (χ3n) is 5.93. The summed E-state index contributed by atoms with van der Waals surface area (Å²) in [7, 11) is 1.55. The SMILES string of the molecule is CC[C@H](C)NC(=O)[C@@H](NC(=O)c1cccc(OC)c1)C1CCN(C(=O)c2cccs2)CC1. The van der Waals surface area contributed by atoms with Crippen molar-refractivity contribution in [3.05, 3.63) is 52.2 Å². The number of ether oxygens (including phenoxy) is 1. The number of thiophene rings is 1. The van der Waals surface area contributed by atoms with E-state index in [9.17, 15) is 14.4 Å². The van der Waals surface area contributed by atoms with Gasteiger partial charge in [-0.15, -0.1) is 11.3 Å². The van der Waals surface area contributed by atoms with E-state index in [2.05, 4.69) is 10.6 Å². The van der Waals surface area contributed by atoms with Crippen molar-refractivity contribution in [2.24, 2.45) is 5.92 Å². The normalized spacial score (nSPS) is 16.2. The largest absolute Gasteiger partial charge is 0.497 e. The number of rotatable bonds is 8. The van der Waals surface area contributed by atoms with Gasteiger partial charge in [0.15, 0.2) is 0 Å². The molecule has 0 unspecified atom stereocenters. The van der Waals surface area contributed by atoms with Gasteiger partial charge in [0.25, 0.3) is 11.8 Å². The van der Waals surface area contributed by atoms with E-state index in [4.69, 9.17) is 4.74 Å². The van der Waals surface area contributed by atoms with Crippen molar-refractivity contribution in [1.29, 1.82) is 0 Å². The Labute approximate surface area is 193 Å². The van der Waals surface area contributed by atoms with E-state index in [1.807, 2.05) is 36.3 Å². The van der Waals surface area contributed by atoms with Gasteiger partial charge in [0.05, 0.1) is 12.0 Å². The minimum absolute atomic E-state index is 0.0132. The summed E-state index contributed by atoms with van der Waals surface area (Å²) in [6.07, 6.45) is 2.10. The Morgan fingerprint density at radius 1 is 1.16 bits per heavy atom. The molecule has 1 aromatic carbocycles. The molecule has 7 nitrogen and oxygen atoms in total. The van der Waals surface area contributed by atoms with Crippen LogP contribution in [0.25, 0.3) is 0 Å². The number of likely N-dealkylation sites (tertiary alicyclic amines) is 1. The number of nitrogens with zero attached hydrogens (tertiary/aromatic N) is 1. The quantitative estimate of drug-likeness (QED) is 0.637. The number of benzene rings is 1. The first-order chi connectivity index (χ1) is 15.4. The summed E-state index contributed by atoms with van der Waals surface area (Å²) in [6.45, 7) is 5.07. The molecule has 2 atom stereocenters. The van der Waals surface area contributed by atoms with Crippen molar-refractivity contribution in [2.75, 3.05) is 20.2 Å². The van der Waals surface area contributed by atoms with Crippen LogP contribution in [0.1, 0.15) is 53.1 Å². The van der Waals surface area contributed by atoms with Crippen LogP contribution >= 0.6 is 11.3 Å². The highest BCUT2D eigenvalue weighted by Gasteiger charge is 2.34. The summed E-state index contributed by atoms with van der Waals surface area (Å²) in [5.74, 6) is 0.0584. The van der Waals surface area contributed by atoms with E-state index >= 15 is 0 Å². The fourth-order valence-corrected chi connectivity index (χ4v) is 4.50. The molecule has 0 aliphatic carbocycles. The standard InChI is InChI=1S/C24H31N3O4S/c1-4-16(2)25-23(29)21(26-22(28)18-7-5-8-19(15-18)31-3)17-10-12-27(13-11-17)24(30)20-9-6-14-32-20/h5-9,14-17,21H,4,10-13H2,1-3H3,(H,25,29)(H,26,28)/t16-,21-/m0/s1. The lowest BCUT2D eigenvalue weighted by atomic mass is 9.88. The Morgan fingerprint density at radius 2 is 1.91 bits per heavy atom. The van der Waals surface area contributed by atoms with Gasteiger partial charge < -0.3 is 20.3 Å². The smallest absolute Gasteiger partial charge is 0.263 e. The van der Waals surface area contributed by atoms with E-state index in [0.717, 1.165) is 11.3 Å². The first-order valence-corrected chi connectivity index (χ1v) is 11.9. The van der Waals surface area contributed by atoms with Crippen LogP contribution in [0.4, 0.5) is 0 Å². The van der Waals surface area contributed by atoms with Crippen LogP contribution in [0.5, 0.6) is 5.75 Å². The molecule has 172 valence electrons. The number of methoxy groups -OCH3 is 1. The van der Waals surface area contributed by atoms with E-state index in [1.54, 1.807) is 31.4 Å². The fraction of sp³-hybridized carbons (Fsp3) is 0.458. The molecule has 3 rings (SSSR count). The zero-order valence-electron chi connectivity index (χ0n) is 18.8. The second kappa shape index (κ2) is 11.1. The van der Waals surface area contributed by atoms with Crippen LogP contribution in [0, 0.1) is 5.92 Å². The van der Waals surface area contributed by atoms with E-state index in [0.29, 0.717) is 37.2 Å². The number of carbonyl (C=O) groups is 3. The Balaban J connectivity index is 1.70. The van der Waals surface area contributed by atoms with Gasteiger partial charge in [-0.05, 0) is 61.7 Å². The lowest BCUT2D eigenvalue weighted by Gasteiger charge is -2.36. The molecular weight excluding hydrogens is 426 g/mol. The predicted molar refractivity (Wildman–Crippen MR) is 125 cm³/mol. The fourth-order valence-electron chi connectivity index (χ4n) is 3.81. The maximum absolute atomic E-state index is 13.1. The summed E-state index contributed by atoms with van der Waals surface area (Å²) in [5.41, 5.74) is 0.441. The number of amides is 3. The number of piperidine rings is 1. The van der Waals surface area contributed by atoms with E-state index in [1.165, 1.54) is 11.3 Å². The zero-order chi connectivity index (χ0) is 23.1. The van der Waals surface area contributed by atoms with Crippen LogP contribution in [0.2, 0.25) is 0 Å². The zero-order valence-corrected chi connectivity index (χ0v) is 19.6. The summed E-state index contributed by atoms with van der Waals surface area (Å²) in [5, 5.41) is 7.84. The molecule has 2 aromatic rings. The topological polar surface area (TPSA) is 87.7 Å². The maximum atomic E-state index is 13.1. The van der Waals surface area contributed by atoms with Crippen molar-refractivity contribution in [2.45, 2.75) is 45.2 Å². The molecule has 0 radical (unpaired) electrons. The molecule has 1 aliphatic heterocycles. The van der Waals surface area contributed by atoms with E-state index in [-0.39, 0.29) is 29.7 Å². The van der Waals surface area contributed by atoms with Gasteiger partial charge in [-0.3, -0.25) is 14.4 Å². The van der Waals surface area contributed by atoms with Crippen LogP contribution in [-0.2, 0) is 4.79 Å². The number of hydrogen-bond acceptors (Lipinski definition) is 5. The average Bonchev–Trinajstić information content (AvgIpc) is 3.37. The van der Waals surface area contributed by atoms with Crippen molar-refractivity contribution < 1.29 is 19.1 Å². The second-order valence-corrected chi connectivity index (χ2v) is 9.06. The molecule has 3 amide bonds. The van der Waals surface area contributed by atoms with Crippen LogP contribution in [0.3, 0.4) is 0 Å². The van der Waals surface area contributed by atoms with Gasteiger partial charge >= 0.3 is 0 Å². The molecule has 1 saturated heterocycles. The Bertz CT molecular complexity index is 923. The highest BCUT2D eigenvalue weighted by Crippen LogP contribution is 2.24. The van der Waals surface area contributed by atoms with Gasteiger partial charge in [-0.1, -0.05) is 19.1 Å². The van der Waals surface area contributed by atoms with Gasteiger partial charge in [0, 0.05) is 24.7 Å². The Kier molecular flexibility index (Phi) is 8.27. The van der Waals surface area contributed by atoms with Gasteiger partial charge in [0.1, 0.15) is 11.8 Å². The predicted octanol–water partition coefficient (Wildman–Crippen LogP) is 3.32. The molecule has 2 heterocycles. The third-order valence-corrected chi connectivity index (χ3v) is 6.79. The molecular formula is C24H31N3O4S. The van der Waals surface area contributed by atoms with Crippen LogP contribution < -0.4 is 15.4 Å². The van der Waals surface area contributed by atoms with E-state index < -0.39 is 6.04 Å². The van der Waals surface area contributed by atoms with Gasteiger partial charge in [-0.25, -0.2) is 0 Å². The monoisotopic (exact) mass is 457 g/mol. The van der Waals surface area contributed by atoms with Crippen LogP contribution in [0.15, 0.2) is 41.8 Å². The summed E-state index contributed by atoms with van der Waals surface area (Å²) >= 11 is 1.43. The molecule has 1 aromatic heterocycles. The Morgan fingerprint density at radius 3 is 2.53 bits per heavy atom. The summed E-state index contributed by atoms with van der Waals surface area (Å²) in [6, 6.07) is 9.91. The number of hydrogen-bond donors (Lipinski definition) is 2. The highest BCUT2D eigenvalue weighted by atomic mass is 32.1.